The summed E-state index contributed by atoms with van der Waals surface area (Å²) < 4.78 is 38.6. The fourth-order valence-corrected chi connectivity index (χ4v) is 2.66. The van der Waals surface area contributed by atoms with Crippen LogP contribution in [-0.2, 0) is 11.0 Å². The van der Waals surface area contributed by atoms with Crippen LogP contribution in [0.3, 0.4) is 0 Å². The first kappa shape index (κ1) is 17.6. The molecule has 1 aromatic rings. The molecule has 0 atom stereocenters. The molecule has 1 amide bonds. The Morgan fingerprint density at radius 3 is 2.43 bits per heavy atom. The van der Waals surface area contributed by atoms with Gasteiger partial charge in [0.25, 0.3) is 0 Å². The molecule has 1 aliphatic heterocycles. The topological polar surface area (TPSA) is 35.6 Å². The molecule has 2 rings (SSSR count). The number of halogens is 3. The lowest BCUT2D eigenvalue weighted by Crippen LogP contribution is -2.48. The second-order valence-electron chi connectivity index (χ2n) is 5.54. The molecule has 0 radical (unpaired) electrons. The summed E-state index contributed by atoms with van der Waals surface area (Å²) in [5.41, 5.74) is -0.687. The van der Waals surface area contributed by atoms with E-state index in [0.717, 1.165) is 25.7 Å². The van der Waals surface area contributed by atoms with Crippen molar-refractivity contribution in [2.24, 2.45) is 0 Å². The Morgan fingerprint density at radius 1 is 1.17 bits per heavy atom. The Kier molecular flexibility index (Phi) is 5.87. The van der Waals surface area contributed by atoms with E-state index in [1.54, 1.807) is 11.0 Å². The molecule has 0 spiro atoms. The Bertz CT molecular complexity index is 526. The Hall–Kier alpha value is -1.76. The van der Waals surface area contributed by atoms with E-state index in [4.69, 9.17) is 0 Å². The lowest BCUT2D eigenvalue weighted by Gasteiger charge is -2.34. The van der Waals surface area contributed by atoms with Crippen molar-refractivity contribution in [3.63, 3.8) is 0 Å². The average Bonchev–Trinajstić information content (AvgIpc) is 2.54. The van der Waals surface area contributed by atoms with Crippen molar-refractivity contribution >= 4 is 11.6 Å². The number of para-hydroxylation sites is 1. The molecule has 1 saturated heterocycles. The Labute approximate surface area is 134 Å². The molecule has 1 aliphatic rings. The lowest BCUT2D eigenvalue weighted by atomic mass is 10.1. The molecule has 0 aliphatic carbocycles. The van der Waals surface area contributed by atoms with Gasteiger partial charge in [-0.2, -0.15) is 13.2 Å². The molecule has 1 N–H and O–H groups in total. The number of carbonyl (C=O) groups excluding carboxylic acids is 1. The molecule has 0 bridgehead atoms. The van der Waals surface area contributed by atoms with Crippen LogP contribution in [0, 0.1) is 0 Å². The van der Waals surface area contributed by atoms with Crippen LogP contribution in [0.15, 0.2) is 24.3 Å². The predicted octanol–water partition coefficient (Wildman–Crippen LogP) is 2.67. The maximum Gasteiger partial charge on any atom is 0.418 e. The Balaban J connectivity index is 1.83. The van der Waals surface area contributed by atoms with Gasteiger partial charge in [-0.15, -0.1) is 0 Å². The number of benzene rings is 1. The predicted molar refractivity (Wildman–Crippen MR) is 83.2 cm³/mol. The van der Waals surface area contributed by atoms with Gasteiger partial charge < -0.3 is 15.1 Å². The largest absolute Gasteiger partial charge is 0.418 e. The van der Waals surface area contributed by atoms with Crippen molar-refractivity contribution < 1.29 is 18.0 Å². The summed E-state index contributed by atoms with van der Waals surface area (Å²) in [6, 6.07) is 5.32. The molecule has 0 saturated carbocycles. The highest BCUT2D eigenvalue weighted by Gasteiger charge is 2.33. The third-order valence-corrected chi connectivity index (χ3v) is 4.06. The molecule has 1 aromatic carbocycles. The number of nitrogens with one attached hydrogen (secondary N) is 1. The van der Waals surface area contributed by atoms with Crippen molar-refractivity contribution in [3.05, 3.63) is 29.8 Å². The van der Waals surface area contributed by atoms with Crippen LogP contribution in [0.2, 0.25) is 0 Å². The number of likely N-dealkylation sites (N-methyl/N-ethyl adjacent to an activating group) is 1. The molecule has 128 valence electrons. The van der Waals surface area contributed by atoms with Crippen molar-refractivity contribution in [1.29, 1.82) is 0 Å². The first-order valence-electron chi connectivity index (χ1n) is 7.82. The minimum Gasteiger partial charge on any atom is -0.384 e. The van der Waals surface area contributed by atoms with E-state index in [0.29, 0.717) is 13.1 Å². The van der Waals surface area contributed by atoms with Gasteiger partial charge >= 0.3 is 6.18 Å². The average molecular weight is 329 g/mol. The summed E-state index contributed by atoms with van der Waals surface area (Å²) in [5, 5.41) is 2.73. The second-order valence-corrected chi connectivity index (χ2v) is 5.54. The van der Waals surface area contributed by atoms with Crippen LogP contribution in [0.1, 0.15) is 18.9 Å². The summed E-state index contributed by atoms with van der Waals surface area (Å²) in [4.78, 5) is 16.2. The van der Waals surface area contributed by atoms with Crippen LogP contribution < -0.4 is 5.32 Å². The quantitative estimate of drug-likeness (QED) is 0.902. The normalized spacial score (nSPS) is 16.4. The van der Waals surface area contributed by atoms with Crippen molar-refractivity contribution in [2.75, 3.05) is 44.6 Å². The van der Waals surface area contributed by atoms with Crippen LogP contribution in [0.4, 0.5) is 18.9 Å². The number of amides is 1. The van der Waals surface area contributed by atoms with Gasteiger partial charge in [0.05, 0.1) is 5.56 Å². The van der Waals surface area contributed by atoms with E-state index in [1.807, 2.05) is 0 Å². The summed E-state index contributed by atoms with van der Waals surface area (Å²) in [6.07, 6.45) is -4.21. The van der Waals surface area contributed by atoms with Crippen molar-refractivity contribution in [3.8, 4) is 0 Å². The first-order chi connectivity index (χ1) is 10.9. The molecule has 0 unspecified atom stereocenters. The zero-order valence-electron chi connectivity index (χ0n) is 13.2. The highest BCUT2D eigenvalue weighted by molar-refractivity contribution is 5.77. The zero-order chi connectivity index (χ0) is 16.9. The molecule has 4 nitrogen and oxygen atoms in total. The number of anilines is 1. The molecular formula is C16H22F3N3O. The number of hydrogen-bond acceptors (Lipinski definition) is 3. The second kappa shape index (κ2) is 7.68. The summed E-state index contributed by atoms with van der Waals surface area (Å²) in [5.74, 6) is -0.0160. The fourth-order valence-electron chi connectivity index (χ4n) is 2.66. The van der Waals surface area contributed by atoms with Crippen LogP contribution in [0.25, 0.3) is 0 Å². The number of alkyl halides is 3. The smallest absolute Gasteiger partial charge is 0.384 e. The Morgan fingerprint density at radius 2 is 1.83 bits per heavy atom. The van der Waals surface area contributed by atoms with Crippen LogP contribution in [0.5, 0.6) is 0 Å². The summed E-state index contributed by atoms with van der Waals surface area (Å²) in [6.45, 7) is 6.33. The number of hydrogen-bond donors (Lipinski definition) is 1. The van der Waals surface area contributed by atoms with Gasteiger partial charge in [0, 0.05) is 44.8 Å². The molecular weight excluding hydrogens is 307 g/mol. The third kappa shape index (κ3) is 4.86. The number of piperazine rings is 1. The van der Waals surface area contributed by atoms with Crippen LogP contribution in [-0.4, -0.2) is 55.0 Å². The third-order valence-electron chi connectivity index (χ3n) is 4.06. The summed E-state index contributed by atoms with van der Waals surface area (Å²) in [7, 11) is 0. The minimum absolute atomic E-state index is 0.0160. The molecule has 23 heavy (non-hydrogen) atoms. The zero-order valence-corrected chi connectivity index (χ0v) is 13.2. The maximum atomic E-state index is 12.9. The van der Waals surface area contributed by atoms with Gasteiger partial charge in [-0.1, -0.05) is 19.1 Å². The van der Waals surface area contributed by atoms with Gasteiger partial charge in [0.15, 0.2) is 0 Å². The van der Waals surface area contributed by atoms with E-state index >= 15 is 0 Å². The van der Waals surface area contributed by atoms with E-state index in [9.17, 15) is 18.0 Å². The molecule has 0 aromatic heterocycles. The van der Waals surface area contributed by atoms with Crippen molar-refractivity contribution in [2.45, 2.75) is 19.5 Å². The van der Waals surface area contributed by atoms with E-state index < -0.39 is 11.7 Å². The molecule has 1 fully saturated rings. The number of nitrogens with zero attached hydrogens (tertiary/aromatic N) is 2. The maximum absolute atomic E-state index is 12.9. The molecule has 1 heterocycles. The number of carbonyl (C=O) groups is 1. The van der Waals surface area contributed by atoms with E-state index in [1.165, 1.54) is 12.1 Å². The standard InChI is InChI=1S/C16H22F3N3O/c1-2-21-9-11-22(12-10-21)15(23)7-8-20-14-6-4-3-5-13(14)16(17,18)19/h3-6,20H,2,7-12H2,1H3. The highest BCUT2D eigenvalue weighted by Crippen LogP contribution is 2.34. The first-order valence-corrected chi connectivity index (χ1v) is 7.82. The minimum atomic E-state index is -4.40. The van der Waals surface area contributed by atoms with Crippen molar-refractivity contribution in [1.82, 2.24) is 9.80 Å². The molecule has 7 heteroatoms. The number of rotatable bonds is 5. The van der Waals surface area contributed by atoms with Gasteiger partial charge in [-0.05, 0) is 18.7 Å². The van der Waals surface area contributed by atoms with Gasteiger partial charge in [0.1, 0.15) is 0 Å². The van der Waals surface area contributed by atoms with E-state index in [2.05, 4.69) is 17.1 Å². The highest BCUT2D eigenvalue weighted by atomic mass is 19.4. The van der Waals surface area contributed by atoms with E-state index in [-0.39, 0.29) is 24.6 Å². The van der Waals surface area contributed by atoms with Gasteiger partial charge in [0.2, 0.25) is 5.91 Å². The SMILES string of the molecule is CCN1CCN(C(=O)CCNc2ccccc2C(F)(F)F)CC1. The summed E-state index contributed by atoms with van der Waals surface area (Å²) >= 11 is 0. The lowest BCUT2D eigenvalue weighted by molar-refractivity contribution is -0.137. The monoisotopic (exact) mass is 329 g/mol. The van der Waals surface area contributed by atoms with Gasteiger partial charge in [-0.25, -0.2) is 0 Å². The fraction of sp³-hybridized carbons (Fsp3) is 0.562. The van der Waals surface area contributed by atoms with Crippen LogP contribution >= 0.6 is 0 Å². The van der Waals surface area contributed by atoms with Gasteiger partial charge in [-0.3, -0.25) is 4.79 Å².